The molecule has 0 aromatic heterocycles. The number of benzene rings is 2. The SMILES string of the molecule is COC(=O)c1cccc(N2CCOCC2)c1C=Cc1ccccc1C. The number of methoxy groups -OCH3 is 1. The second-order valence-corrected chi connectivity index (χ2v) is 6.02. The van der Waals surface area contributed by atoms with Crippen LogP contribution in [0, 0.1) is 6.92 Å². The number of carbonyl (C=O) groups excluding carboxylic acids is 1. The lowest BCUT2D eigenvalue weighted by atomic mass is 10.0. The molecule has 1 heterocycles. The van der Waals surface area contributed by atoms with E-state index < -0.39 is 0 Å². The van der Waals surface area contributed by atoms with Crippen LogP contribution < -0.4 is 4.90 Å². The first-order valence-electron chi connectivity index (χ1n) is 8.48. The van der Waals surface area contributed by atoms with Crippen molar-refractivity contribution in [3.8, 4) is 0 Å². The molecule has 130 valence electrons. The lowest BCUT2D eigenvalue weighted by molar-refractivity contribution is 0.0600. The maximum Gasteiger partial charge on any atom is 0.338 e. The smallest absolute Gasteiger partial charge is 0.338 e. The average Bonchev–Trinajstić information content (AvgIpc) is 2.67. The number of nitrogens with zero attached hydrogens (tertiary/aromatic N) is 1. The third-order valence-electron chi connectivity index (χ3n) is 4.46. The van der Waals surface area contributed by atoms with Crippen LogP contribution in [0.1, 0.15) is 27.0 Å². The Labute approximate surface area is 148 Å². The fourth-order valence-electron chi connectivity index (χ4n) is 3.04. The van der Waals surface area contributed by atoms with Crippen LogP contribution in [0.3, 0.4) is 0 Å². The average molecular weight is 337 g/mol. The second-order valence-electron chi connectivity index (χ2n) is 6.02. The van der Waals surface area contributed by atoms with Crippen LogP contribution in [0.4, 0.5) is 5.69 Å². The molecule has 1 saturated heterocycles. The van der Waals surface area contributed by atoms with E-state index in [1.165, 1.54) is 12.7 Å². The predicted molar refractivity (Wildman–Crippen MR) is 101 cm³/mol. The topological polar surface area (TPSA) is 38.8 Å². The Balaban J connectivity index is 2.04. The summed E-state index contributed by atoms with van der Waals surface area (Å²) in [5, 5.41) is 0. The number of hydrogen-bond donors (Lipinski definition) is 0. The quantitative estimate of drug-likeness (QED) is 0.628. The molecule has 0 bridgehead atoms. The summed E-state index contributed by atoms with van der Waals surface area (Å²) in [7, 11) is 1.42. The van der Waals surface area contributed by atoms with Crippen molar-refractivity contribution >= 4 is 23.8 Å². The number of hydrogen-bond acceptors (Lipinski definition) is 4. The molecule has 0 spiro atoms. The largest absolute Gasteiger partial charge is 0.465 e. The zero-order chi connectivity index (χ0) is 17.6. The van der Waals surface area contributed by atoms with Gasteiger partial charge in [0, 0.05) is 24.3 Å². The summed E-state index contributed by atoms with van der Waals surface area (Å²) in [4.78, 5) is 14.5. The van der Waals surface area contributed by atoms with E-state index in [1.807, 2.05) is 30.3 Å². The van der Waals surface area contributed by atoms with Gasteiger partial charge in [-0.25, -0.2) is 4.79 Å². The van der Waals surface area contributed by atoms with Crippen LogP contribution in [-0.4, -0.2) is 39.4 Å². The number of aryl methyl sites for hydroxylation is 1. The maximum absolute atomic E-state index is 12.2. The molecule has 1 aliphatic heterocycles. The third kappa shape index (κ3) is 3.91. The fraction of sp³-hybridized carbons (Fsp3) is 0.286. The Bertz CT molecular complexity index is 776. The van der Waals surface area contributed by atoms with Gasteiger partial charge in [-0.2, -0.15) is 0 Å². The van der Waals surface area contributed by atoms with E-state index in [4.69, 9.17) is 9.47 Å². The summed E-state index contributed by atoms with van der Waals surface area (Å²) in [5.74, 6) is -0.320. The first-order chi connectivity index (χ1) is 12.2. The molecule has 0 saturated carbocycles. The number of carbonyl (C=O) groups is 1. The first kappa shape index (κ1) is 17.2. The molecule has 3 rings (SSSR count). The minimum Gasteiger partial charge on any atom is -0.465 e. The lowest BCUT2D eigenvalue weighted by Gasteiger charge is -2.30. The highest BCUT2D eigenvalue weighted by molar-refractivity contribution is 5.98. The van der Waals surface area contributed by atoms with Gasteiger partial charge in [-0.05, 0) is 30.2 Å². The highest BCUT2D eigenvalue weighted by Gasteiger charge is 2.19. The van der Waals surface area contributed by atoms with Gasteiger partial charge in [0.05, 0.1) is 25.9 Å². The Hall–Kier alpha value is -2.59. The molecule has 4 nitrogen and oxygen atoms in total. The molecule has 0 unspecified atom stereocenters. The summed E-state index contributed by atoms with van der Waals surface area (Å²) in [6.07, 6.45) is 4.07. The van der Waals surface area contributed by atoms with Gasteiger partial charge in [-0.3, -0.25) is 0 Å². The van der Waals surface area contributed by atoms with Gasteiger partial charge < -0.3 is 14.4 Å². The van der Waals surface area contributed by atoms with E-state index >= 15 is 0 Å². The van der Waals surface area contributed by atoms with Crippen LogP contribution in [0.25, 0.3) is 12.2 Å². The van der Waals surface area contributed by atoms with Crippen LogP contribution in [0.2, 0.25) is 0 Å². The Kier molecular flexibility index (Phi) is 5.51. The molecule has 4 heteroatoms. The second kappa shape index (κ2) is 7.99. The molecule has 1 fully saturated rings. The lowest BCUT2D eigenvalue weighted by Crippen LogP contribution is -2.36. The first-order valence-corrected chi connectivity index (χ1v) is 8.48. The van der Waals surface area contributed by atoms with Crippen molar-refractivity contribution in [2.75, 3.05) is 38.3 Å². The summed E-state index contributed by atoms with van der Waals surface area (Å²) in [6, 6.07) is 14.0. The standard InChI is InChI=1S/C21H23NO3/c1-16-6-3-4-7-17(16)10-11-18-19(21(23)24-2)8-5-9-20(18)22-12-14-25-15-13-22/h3-11H,12-15H2,1-2H3. The van der Waals surface area contributed by atoms with Gasteiger partial charge in [-0.15, -0.1) is 0 Å². The van der Waals surface area contributed by atoms with Crippen molar-refractivity contribution in [2.24, 2.45) is 0 Å². The van der Waals surface area contributed by atoms with Gasteiger partial charge in [-0.1, -0.05) is 42.5 Å². The Morgan fingerprint density at radius 3 is 2.56 bits per heavy atom. The highest BCUT2D eigenvalue weighted by atomic mass is 16.5. The zero-order valence-electron chi connectivity index (χ0n) is 14.7. The van der Waals surface area contributed by atoms with Crippen molar-refractivity contribution in [1.82, 2.24) is 0 Å². The van der Waals surface area contributed by atoms with Gasteiger partial charge >= 0.3 is 5.97 Å². The van der Waals surface area contributed by atoms with E-state index in [2.05, 4.69) is 36.1 Å². The third-order valence-corrected chi connectivity index (χ3v) is 4.46. The summed E-state index contributed by atoms with van der Waals surface area (Å²) < 4.78 is 10.4. The predicted octanol–water partition coefficient (Wildman–Crippen LogP) is 3.79. The summed E-state index contributed by atoms with van der Waals surface area (Å²) in [5.41, 5.74) is 4.84. The van der Waals surface area contributed by atoms with Gasteiger partial charge in [0.25, 0.3) is 0 Å². The Morgan fingerprint density at radius 2 is 1.84 bits per heavy atom. The van der Waals surface area contributed by atoms with Crippen molar-refractivity contribution in [2.45, 2.75) is 6.92 Å². The van der Waals surface area contributed by atoms with Crippen molar-refractivity contribution < 1.29 is 14.3 Å². The molecule has 0 amide bonds. The van der Waals surface area contributed by atoms with Crippen LogP contribution in [0.5, 0.6) is 0 Å². The van der Waals surface area contributed by atoms with Crippen molar-refractivity contribution in [3.63, 3.8) is 0 Å². The van der Waals surface area contributed by atoms with Crippen LogP contribution in [-0.2, 0) is 9.47 Å². The van der Waals surface area contributed by atoms with E-state index in [1.54, 1.807) is 0 Å². The maximum atomic E-state index is 12.2. The van der Waals surface area contributed by atoms with Gasteiger partial charge in [0.1, 0.15) is 0 Å². The Morgan fingerprint density at radius 1 is 1.08 bits per heavy atom. The number of anilines is 1. The van der Waals surface area contributed by atoms with Crippen molar-refractivity contribution in [1.29, 1.82) is 0 Å². The number of esters is 1. The summed E-state index contributed by atoms with van der Waals surface area (Å²) in [6.45, 7) is 5.10. The number of rotatable bonds is 4. The molecule has 1 aliphatic rings. The number of morpholine rings is 1. The molecule has 0 N–H and O–H groups in total. The molecular weight excluding hydrogens is 314 g/mol. The van der Waals surface area contributed by atoms with Crippen LogP contribution in [0.15, 0.2) is 42.5 Å². The minimum absolute atomic E-state index is 0.320. The molecule has 0 atom stereocenters. The van der Waals surface area contributed by atoms with Gasteiger partial charge in [0.2, 0.25) is 0 Å². The van der Waals surface area contributed by atoms with E-state index in [9.17, 15) is 4.79 Å². The number of ether oxygens (including phenoxy) is 2. The monoisotopic (exact) mass is 337 g/mol. The van der Waals surface area contributed by atoms with E-state index in [0.29, 0.717) is 18.8 Å². The zero-order valence-corrected chi connectivity index (χ0v) is 14.7. The molecule has 0 radical (unpaired) electrons. The molecule has 2 aromatic rings. The van der Waals surface area contributed by atoms with E-state index in [0.717, 1.165) is 29.9 Å². The molecule has 25 heavy (non-hydrogen) atoms. The minimum atomic E-state index is -0.320. The van der Waals surface area contributed by atoms with E-state index in [-0.39, 0.29) is 5.97 Å². The highest BCUT2D eigenvalue weighted by Crippen LogP contribution is 2.28. The van der Waals surface area contributed by atoms with Crippen LogP contribution >= 0.6 is 0 Å². The normalized spacial score (nSPS) is 14.7. The molecular formula is C21H23NO3. The van der Waals surface area contributed by atoms with Gasteiger partial charge in [0.15, 0.2) is 0 Å². The fourth-order valence-corrected chi connectivity index (χ4v) is 3.04. The molecule has 2 aromatic carbocycles. The molecule has 0 aliphatic carbocycles. The summed E-state index contributed by atoms with van der Waals surface area (Å²) >= 11 is 0. The van der Waals surface area contributed by atoms with Crippen molar-refractivity contribution in [3.05, 3.63) is 64.7 Å².